The number of amides is 2. The molecule has 6 rings (SSSR count). The number of H-pyrrole nitrogens is 2. The van der Waals surface area contributed by atoms with Crippen LogP contribution in [0.15, 0.2) is 60.9 Å². The number of carbonyl (C=O) groups is 2. The lowest BCUT2D eigenvalue weighted by molar-refractivity contribution is -0.141. The molecule has 0 aliphatic carbocycles. The van der Waals surface area contributed by atoms with Gasteiger partial charge in [-0.25, -0.2) is 14.8 Å². The molecular formula is C33H39N7O4. The molecule has 230 valence electrons. The Balaban J connectivity index is 1.14. The third-order valence-electron chi connectivity index (χ3n) is 8.95. The molecule has 2 aliphatic rings. The van der Waals surface area contributed by atoms with Crippen molar-refractivity contribution in [2.45, 2.75) is 56.8 Å². The van der Waals surface area contributed by atoms with Crippen LogP contribution in [-0.4, -0.2) is 86.2 Å². The molecule has 11 heteroatoms. The molecular weight excluding hydrogens is 558 g/mol. The number of hydrogen-bond acceptors (Lipinski definition) is 6. The maximum Gasteiger partial charge on any atom is 0.407 e. The number of carboxylic acid groups (broad SMARTS) is 1. The summed E-state index contributed by atoms with van der Waals surface area (Å²) in [5.74, 6) is 1.42. The Morgan fingerprint density at radius 2 is 1.48 bits per heavy atom. The summed E-state index contributed by atoms with van der Waals surface area (Å²) in [5, 5.41) is 13.0. The molecule has 2 fully saturated rings. The van der Waals surface area contributed by atoms with E-state index in [4.69, 9.17) is 4.74 Å². The van der Waals surface area contributed by atoms with Crippen molar-refractivity contribution in [1.82, 2.24) is 35.1 Å². The minimum absolute atomic E-state index is 0.261. The van der Waals surface area contributed by atoms with Gasteiger partial charge in [-0.1, -0.05) is 48.5 Å². The van der Waals surface area contributed by atoms with E-state index in [1.165, 1.54) is 20.6 Å². The maximum atomic E-state index is 13.6. The number of nitrogens with one attached hydrogen (secondary N) is 3. The number of nitrogens with zero attached hydrogens (tertiary/aromatic N) is 4. The second kappa shape index (κ2) is 12.6. The average Bonchev–Trinajstić information content (AvgIpc) is 3.87. The summed E-state index contributed by atoms with van der Waals surface area (Å²) >= 11 is 0. The van der Waals surface area contributed by atoms with Crippen LogP contribution in [0, 0.1) is 0 Å². The van der Waals surface area contributed by atoms with Crippen LogP contribution in [0.2, 0.25) is 0 Å². The Hall–Kier alpha value is -4.48. The standard InChI is InChI=1S/C33H39N7O4/c1-20(44-3)29(39(2)33(42)43)32(41)40-17-5-7-28(40)31-36-19-27(38-31)24-14-10-22(11-15-24)21-8-12-23(13-9-21)26-18-35-30(37-26)25-6-4-16-34-25/h8-15,18-20,25,28-29,34H,4-7,16-17H2,1-3H3,(H,35,37)(H,36,38)(H,42,43)/t20-,25+,28+,29+/m1/s1. The highest BCUT2D eigenvalue weighted by Crippen LogP contribution is 2.34. The number of aromatic amines is 2. The predicted molar refractivity (Wildman–Crippen MR) is 167 cm³/mol. The lowest BCUT2D eigenvalue weighted by Gasteiger charge is -2.34. The summed E-state index contributed by atoms with van der Waals surface area (Å²) in [5.41, 5.74) is 6.19. The van der Waals surface area contributed by atoms with E-state index in [2.05, 4.69) is 73.8 Å². The second-order valence-electron chi connectivity index (χ2n) is 11.6. The van der Waals surface area contributed by atoms with Crippen LogP contribution in [0.1, 0.15) is 56.3 Å². The average molecular weight is 598 g/mol. The van der Waals surface area contributed by atoms with Gasteiger partial charge in [0.15, 0.2) is 0 Å². The number of benzene rings is 2. The molecule has 2 aromatic heterocycles. The molecule has 2 saturated heterocycles. The highest BCUT2D eigenvalue weighted by atomic mass is 16.5. The Bertz CT molecular complexity index is 1590. The smallest absolute Gasteiger partial charge is 0.407 e. The Labute approximate surface area is 256 Å². The van der Waals surface area contributed by atoms with Crippen molar-refractivity contribution < 1.29 is 19.4 Å². The molecule has 4 N–H and O–H groups in total. The summed E-state index contributed by atoms with van der Waals surface area (Å²) < 4.78 is 5.37. The first-order chi connectivity index (χ1) is 21.3. The minimum Gasteiger partial charge on any atom is -0.465 e. The van der Waals surface area contributed by atoms with Crippen molar-refractivity contribution in [3.8, 4) is 33.6 Å². The number of hydrogen-bond donors (Lipinski definition) is 4. The number of aromatic nitrogens is 4. The summed E-state index contributed by atoms with van der Waals surface area (Å²) in [6.07, 6.45) is 5.78. The van der Waals surface area contributed by atoms with Crippen LogP contribution >= 0.6 is 0 Å². The van der Waals surface area contributed by atoms with E-state index < -0.39 is 18.2 Å². The van der Waals surface area contributed by atoms with E-state index in [1.807, 2.05) is 6.20 Å². The van der Waals surface area contributed by atoms with Gasteiger partial charge >= 0.3 is 6.09 Å². The van der Waals surface area contributed by atoms with Crippen LogP contribution in [0.25, 0.3) is 33.6 Å². The zero-order chi connectivity index (χ0) is 30.8. The molecule has 0 saturated carbocycles. The highest BCUT2D eigenvalue weighted by molar-refractivity contribution is 5.86. The predicted octanol–water partition coefficient (Wildman–Crippen LogP) is 5.24. The number of likely N-dealkylation sites (tertiary alicyclic amines) is 1. The van der Waals surface area contributed by atoms with E-state index in [-0.39, 0.29) is 11.9 Å². The first kappa shape index (κ1) is 29.6. The third-order valence-corrected chi connectivity index (χ3v) is 8.95. The Morgan fingerprint density at radius 3 is 2.02 bits per heavy atom. The van der Waals surface area contributed by atoms with Gasteiger partial charge < -0.3 is 30.0 Å². The maximum absolute atomic E-state index is 13.6. The van der Waals surface area contributed by atoms with Gasteiger partial charge in [-0.2, -0.15) is 0 Å². The van der Waals surface area contributed by atoms with Crippen molar-refractivity contribution in [3.05, 3.63) is 72.6 Å². The van der Waals surface area contributed by atoms with Crippen molar-refractivity contribution in [1.29, 1.82) is 0 Å². The van der Waals surface area contributed by atoms with Gasteiger partial charge in [-0.05, 0) is 61.4 Å². The fourth-order valence-electron chi connectivity index (χ4n) is 6.33. The molecule has 11 nitrogen and oxygen atoms in total. The van der Waals surface area contributed by atoms with Crippen molar-refractivity contribution in [3.63, 3.8) is 0 Å². The first-order valence-corrected chi connectivity index (χ1v) is 15.2. The summed E-state index contributed by atoms with van der Waals surface area (Å²) in [4.78, 5) is 44.1. The van der Waals surface area contributed by atoms with E-state index in [0.29, 0.717) is 18.4 Å². The van der Waals surface area contributed by atoms with Crippen molar-refractivity contribution in [2.75, 3.05) is 27.2 Å². The van der Waals surface area contributed by atoms with E-state index in [1.54, 1.807) is 18.0 Å². The SMILES string of the molecule is CO[C@H](C)[C@@H](C(=O)N1CCC[C@H]1c1ncc(-c2ccc(-c3ccc(-c4cnc([C@@H]5CCCN5)[nH]4)cc3)cc2)[nH]1)N(C)C(=O)O. The molecule has 0 spiro atoms. The molecule has 44 heavy (non-hydrogen) atoms. The van der Waals surface area contributed by atoms with Crippen LogP contribution < -0.4 is 5.32 Å². The van der Waals surface area contributed by atoms with Crippen LogP contribution in [-0.2, 0) is 9.53 Å². The van der Waals surface area contributed by atoms with E-state index >= 15 is 0 Å². The summed E-state index contributed by atoms with van der Waals surface area (Å²) in [6.45, 7) is 3.28. The molecule has 0 radical (unpaired) electrons. The molecule has 4 atom stereocenters. The molecule has 4 aromatic rings. The van der Waals surface area contributed by atoms with E-state index in [0.717, 1.165) is 70.2 Å². The van der Waals surface area contributed by atoms with Crippen molar-refractivity contribution >= 4 is 12.0 Å². The minimum atomic E-state index is -1.17. The fourth-order valence-corrected chi connectivity index (χ4v) is 6.33. The van der Waals surface area contributed by atoms with E-state index in [9.17, 15) is 14.7 Å². The molecule has 4 heterocycles. The number of imidazole rings is 2. The first-order valence-electron chi connectivity index (χ1n) is 15.2. The lowest BCUT2D eigenvalue weighted by atomic mass is 10.0. The number of carbonyl (C=O) groups excluding carboxylic acids is 1. The monoisotopic (exact) mass is 597 g/mol. The summed E-state index contributed by atoms with van der Waals surface area (Å²) in [7, 11) is 2.88. The van der Waals surface area contributed by atoms with Gasteiger partial charge in [0.2, 0.25) is 5.91 Å². The molecule has 2 amide bonds. The zero-order valence-electron chi connectivity index (χ0n) is 25.3. The quantitative estimate of drug-likeness (QED) is 0.207. The Morgan fingerprint density at radius 1 is 0.909 bits per heavy atom. The van der Waals surface area contributed by atoms with Gasteiger partial charge in [0.1, 0.15) is 17.7 Å². The normalized spacial score (nSPS) is 19.7. The topological polar surface area (TPSA) is 139 Å². The number of likely N-dealkylation sites (N-methyl/N-ethyl adjacent to an activating group) is 1. The van der Waals surface area contributed by atoms with Gasteiger partial charge in [0.05, 0.1) is 42.0 Å². The van der Waals surface area contributed by atoms with Gasteiger partial charge in [0, 0.05) is 20.7 Å². The molecule has 2 aromatic carbocycles. The molecule has 0 unspecified atom stereocenters. The Kier molecular flexibility index (Phi) is 8.49. The fraction of sp³-hybridized carbons (Fsp3) is 0.394. The van der Waals surface area contributed by atoms with Gasteiger partial charge in [-0.3, -0.25) is 9.69 Å². The number of rotatable bonds is 9. The van der Waals surface area contributed by atoms with Crippen LogP contribution in [0.5, 0.6) is 0 Å². The van der Waals surface area contributed by atoms with Gasteiger partial charge in [-0.15, -0.1) is 0 Å². The second-order valence-corrected chi connectivity index (χ2v) is 11.6. The highest BCUT2D eigenvalue weighted by Gasteiger charge is 2.40. The number of methoxy groups -OCH3 is 1. The summed E-state index contributed by atoms with van der Waals surface area (Å²) in [6, 6.07) is 15.9. The molecule has 2 aliphatic heterocycles. The van der Waals surface area contributed by atoms with Gasteiger partial charge in [0.25, 0.3) is 0 Å². The van der Waals surface area contributed by atoms with Crippen LogP contribution in [0.4, 0.5) is 4.79 Å². The molecule has 0 bridgehead atoms. The lowest BCUT2D eigenvalue weighted by Crippen LogP contribution is -2.54. The van der Waals surface area contributed by atoms with Crippen LogP contribution in [0.3, 0.4) is 0 Å². The largest absolute Gasteiger partial charge is 0.465 e. The number of ether oxygens (including phenoxy) is 1. The third kappa shape index (κ3) is 5.85. The zero-order valence-corrected chi connectivity index (χ0v) is 25.3. The van der Waals surface area contributed by atoms with Crippen molar-refractivity contribution in [2.24, 2.45) is 0 Å².